The van der Waals surface area contributed by atoms with Crippen LogP contribution < -0.4 is 16.8 Å². The molecule has 106 valence electrons. The Labute approximate surface area is 119 Å². The van der Waals surface area contributed by atoms with Crippen molar-refractivity contribution in [2.75, 3.05) is 6.54 Å². The van der Waals surface area contributed by atoms with Crippen molar-refractivity contribution in [2.45, 2.75) is 25.8 Å². The van der Waals surface area contributed by atoms with Gasteiger partial charge in [0.1, 0.15) is 0 Å². The zero-order valence-electron chi connectivity index (χ0n) is 11.1. The minimum atomic E-state index is -0.880. The normalized spacial score (nSPS) is 10.5. The standard InChI is InChI=1S/C13H19N3O2.ClH/c1-13(2,15)12(18)16-7-6-9-4-3-5-10(8-9)11(14)17;/h3-5,8H,6-7,15H2,1-2H3,(H2,14,17)(H,16,18);1H. The second-order valence-corrected chi connectivity index (χ2v) is 4.79. The zero-order valence-corrected chi connectivity index (χ0v) is 11.9. The molecular weight excluding hydrogens is 266 g/mol. The fourth-order valence-corrected chi connectivity index (χ4v) is 1.43. The molecule has 19 heavy (non-hydrogen) atoms. The number of amides is 2. The van der Waals surface area contributed by atoms with Crippen LogP contribution in [0.25, 0.3) is 0 Å². The molecule has 1 aromatic carbocycles. The number of primary amides is 1. The number of carbonyl (C=O) groups is 2. The maximum atomic E-state index is 11.5. The molecule has 0 aliphatic heterocycles. The third-order valence-electron chi connectivity index (χ3n) is 2.50. The van der Waals surface area contributed by atoms with Crippen LogP contribution in [0, 0.1) is 0 Å². The van der Waals surface area contributed by atoms with E-state index in [1.165, 1.54) is 0 Å². The van der Waals surface area contributed by atoms with Crippen LogP contribution in [0.15, 0.2) is 24.3 Å². The van der Waals surface area contributed by atoms with E-state index in [0.29, 0.717) is 18.5 Å². The smallest absolute Gasteiger partial charge is 0.248 e. The molecule has 0 radical (unpaired) electrons. The first-order chi connectivity index (χ1) is 8.30. The molecule has 2 amide bonds. The third-order valence-corrected chi connectivity index (χ3v) is 2.50. The first kappa shape index (κ1) is 17.4. The van der Waals surface area contributed by atoms with Crippen LogP contribution in [0.3, 0.4) is 0 Å². The van der Waals surface area contributed by atoms with Crippen LogP contribution in [0.2, 0.25) is 0 Å². The highest BCUT2D eigenvalue weighted by Crippen LogP contribution is 2.05. The second-order valence-electron chi connectivity index (χ2n) is 4.79. The average Bonchev–Trinajstić information content (AvgIpc) is 2.28. The van der Waals surface area contributed by atoms with Gasteiger partial charge in [0.05, 0.1) is 5.54 Å². The number of rotatable bonds is 5. The fourth-order valence-electron chi connectivity index (χ4n) is 1.43. The molecule has 0 bridgehead atoms. The highest BCUT2D eigenvalue weighted by atomic mass is 35.5. The Morgan fingerprint density at radius 3 is 2.47 bits per heavy atom. The summed E-state index contributed by atoms with van der Waals surface area (Å²) in [5.74, 6) is -0.655. The molecule has 1 aromatic rings. The second kappa shape index (κ2) is 7.11. The van der Waals surface area contributed by atoms with Crippen LogP contribution in [0.1, 0.15) is 29.8 Å². The minimum absolute atomic E-state index is 0. The molecule has 0 unspecified atom stereocenters. The summed E-state index contributed by atoms with van der Waals surface area (Å²) < 4.78 is 0. The van der Waals surface area contributed by atoms with Crippen molar-refractivity contribution in [1.29, 1.82) is 0 Å². The molecule has 6 heteroatoms. The summed E-state index contributed by atoms with van der Waals surface area (Å²) in [6.07, 6.45) is 0.628. The first-order valence-corrected chi connectivity index (χ1v) is 5.76. The average molecular weight is 286 g/mol. The summed E-state index contributed by atoms with van der Waals surface area (Å²) in [4.78, 5) is 22.5. The van der Waals surface area contributed by atoms with E-state index in [9.17, 15) is 9.59 Å². The zero-order chi connectivity index (χ0) is 13.8. The van der Waals surface area contributed by atoms with Gasteiger partial charge in [0.2, 0.25) is 11.8 Å². The van der Waals surface area contributed by atoms with E-state index in [0.717, 1.165) is 5.56 Å². The molecule has 5 N–H and O–H groups in total. The highest BCUT2D eigenvalue weighted by Gasteiger charge is 2.20. The Kier molecular flexibility index (Phi) is 6.52. The molecule has 0 saturated carbocycles. The largest absolute Gasteiger partial charge is 0.366 e. The van der Waals surface area contributed by atoms with E-state index in [1.807, 2.05) is 6.07 Å². The molecule has 0 aliphatic carbocycles. The van der Waals surface area contributed by atoms with Crippen molar-refractivity contribution in [3.8, 4) is 0 Å². The van der Waals surface area contributed by atoms with Crippen LogP contribution in [0.4, 0.5) is 0 Å². The summed E-state index contributed by atoms with van der Waals surface area (Å²) in [5, 5.41) is 2.74. The summed E-state index contributed by atoms with van der Waals surface area (Å²) >= 11 is 0. The van der Waals surface area contributed by atoms with E-state index in [-0.39, 0.29) is 18.3 Å². The SMILES string of the molecule is CC(C)(N)C(=O)NCCc1cccc(C(N)=O)c1.Cl. The van der Waals surface area contributed by atoms with Gasteiger partial charge in [-0.15, -0.1) is 12.4 Å². The molecule has 0 aromatic heterocycles. The number of carbonyl (C=O) groups excluding carboxylic acids is 2. The van der Waals surface area contributed by atoms with Crippen molar-refractivity contribution in [3.05, 3.63) is 35.4 Å². The van der Waals surface area contributed by atoms with Gasteiger partial charge in [-0.05, 0) is 38.0 Å². The van der Waals surface area contributed by atoms with Crippen molar-refractivity contribution in [1.82, 2.24) is 5.32 Å². The predicted molar refractivity (Wildman–Crippen MR) is 77.2 cm³/mol. The fraction of sp³-hybridized carbons (Fsp3) is 0.385. The number of nitrogens with two attached hydrogens (primary N) is 2. The van der Waals surface area contributed by atoms with Crippen LogP contribution >= 0.6 is 12.4 Å². The first-order valence-electron chi connectivity index (χ1n) is 5.76. The molecule has 1 rings (SSSR count). The predicted octanol–water partition coefficient (Wildman–Crippen LogP) is 0.603. The van der Waals surface area contributed by atoms with Crippen molar-refractivity contribution < 1.29 is 9.59 Å². The van der Waals surface area contributed by atoms with Gasteiger partial charge in [0.15, 0.2) is 0 Å². The number of hydrogen-bond acceptors (Lipinski definition) is 3. The Hall–Kier alpha value is -1.59. The lowest BCUT2D eigenvalue weighted by Gasteiger charge is -2.17. The van der Waals surface area contributed by atoms with Crippen LogP contribution in [-0.2, 0) is 11.2 Å². The molecule has 0 saturated heterocycles. The number of nitrogens with one attached hydrogen (secondary N) is 1. The lowest BCUT2D eigenvalue weighted by molar-refractivity contribution is -0.125. The Bertz CT molecular complexity index is 455. The van der Waals surface area contributed by atoms with Gasteiger partial charge in [-0.1, -0.05) is 12.1 Å². The third kappa shape index (κ3) is 5.72. The van der Waals surface area contributed by atoms with Gasteiger partial charge >= 0.3 is 0 Å². The Morgan fingerprint density at radius 2 is 1.95 bits per heavy atom. The van der Waals surface area contributed by atoms with E-state index < -0.39 is 11.4 Å². The van der Waals surface area contributed by atoms with Gasteiger partial charge < -0.3 is 16.8 Å². The topological polar surface area (TPSA) is 98.2 Å². The molecule has 0 fully saturated rings. The van der Waals surface area contributed by atoms with E-state index in [4.69, 9.17) is 11.5 Å². The monoisotopic (exact) mass is 285 g/mol. The van der Waals surface area contributed by atoms with E-state index >= 15 is 0 Å². The van der Waals surface area contributed by atoms with Gasteiger partial charge in [-0.2, -0.15) is 0 Å². The van der Waals surface area contributed by atoms with E-state index in [2.05, 4.69) is 5.32 Å². The molecule has 0 heterocycles. The number of hydrogen-bond donors (Lipinski definition) is 3. The quantitative estimate of drug-likeness (QED) is 0.739. The van der Waals surface area contributed by atoms with Crippen molar-refractivity contribution in [2.24, 2.45) is 11.5 Å². The molecule has 0 spiro atoms. The summed E-state index contributed by atoms with van der Waals surface area (Å²) in [6.45, 7) is 3.77. The summed E-state index contributed by atoms with van der Waals surface area (Å²) in [5.41, 5.74) is 11.4. The number of halogens is 1. The Morgan fingerprint density at radius 1 is 1.32 bits per heavy atom. The molecule has 5 nitrogen and oxygen atoms in total. The van der Waals surface area contributed by atoms with Crippen LogP contribution in [-0.4, -0.2) is 23.9 Å². The highest BCUT2D eigenvalue weighted by molar-refractivity contribution is 5.92. The summed E-state index contributed by atoms with van der Waals surface area (Å²) in [7, 11) is 0. The molecule has 0 aliphatic rings. The van der Waals surface area contributed by atoms with Crippen molar-refractivity contribution in [3.63, 3.8) is 0 Å². The van der Waals surface area contributed by atoms with Crippen molar-refractivity contribution >= 4 is 24.2 Å². The van der Waals surface area contributed by atoms with Gasteiger partial charge in [-0.3, -0.25) is 9.59 Å². The Balaban J connectivity index is 0.00000324. The summed E-state index contributed by atoms with van der Waals surface area (Å²) in [6, 6.07) is 7.03. The molecule has 0 atom stereocenters. The van der Waals surface area contributed by atoms with Gasteiger partial charge in [-0.25, -0.2) is 0 Å². The number of benzene rings is 1. The van der Waals surface area contributed by atoms with E-state index in [1.54, 1.807) is 32.0 Å². The van der Waals surface area contributed by atoms with Gasteiger partial charge in [0.25, 0.3) is 0 Å². The lowest BCUT2D eigenvalue weighted by atomic mass is 10.1. The van der Waals surface area contributed by atoms with Gasteiger partial charge in [0, 0.05) is 12.1 Å². The van der Waals surface area contributed by atoms with Crippen LogP contribution in [0.5, 0.6) is 0 Å². The minimum Gasteiger partial charge on any atom is -0.366 e. The lowest BCUT2D eigenvalue weighted by Crippen LogP contribution is -2.49. The maximum Gasteiger partial charge on any atom is 0.248 e. The maximum absolute atomic E-state index is 11.5. The molecular formula is C13H20ClN3O2.